The second kappa shape index (κ2) is 9.84. The topological polar surface area (TPSA) is 90.4 Å². The molecule has 1 N–H and O–H groups in total. The lowest BCUT2D eigenvalue weighted by Gasteiger charge is -2.20. The summed E-state index contributed by atoms with van der Waals surface area (Å²) in [6.07, 6.45) is 2.83. The van der Waals surface area contributed by atoms with Gasteiger partial charge >= 0.3 is 5.97 Å². The molecule has 0 aliphatic rings. The molecule has 1 heterocycles. The number of esters is 1. The molecule has 0 spiro atoms. The van der Waals surface area contributed by atoms with E-state index in [-0.39, 0.29) is 22.7 Å². The Bertz CT molecular complexity index is 753. The molecule has 0 bridgehead atoms. The van der Waals surface area contributed by atoms with E-state index < -0.39 is 0 Å². The van der Waals surface area contributed by atoms with Crippen molar-refractivity contribution in [1.82, 2.24) is 15.3 Å². The van der Waals surface area contributed by atoms with Crippen molar-refractivity contribution in [3.8, 4) is 5.75 Å². The number of rotatable bonds is 9. The molecule has 2 rings (SSSR count). The van der Waals surface area contributed by atoms with Crippen LogP contribution >= 0.6 is 11.6 Å². The lowest BCUT2D eigenvalue weighted by Crippen LogP contribution is -2.26. The maximum absolute atomic E-state index is 11.5. The number of benzene rings is 1. The Balaban J connectivity index is 2.27. The highest BCUT2D eigenvalue weighted by Gasteiger charge is 2.21. The van der Waals surface area contributed by atoms with E-state index in [1.807, 2.05) is 24.3 Å². The summed E-state index contributed by atoms with van der Waals surface area (Å²) in [5.74, 6) is 0.445. The maximum Gasteiger partial charge on any atom is 0.305 e. The van der Waals surface area contributed by atoms with Crippen LogP contribution in [-0.2, 0) is 9.53 Å². The molecule has 1 aromatic carbocycles. The Morgan fingerprint density at radius 1 is 1.27 bits per heavy atom. The molecule has 0 amide bonds. The first-order chi connectivity index (χ1) is 12.6. The van der Waals surface area contributed by atoms with Gasteiger partial charge in [0.25, 0.3) is 0 Å². The summed E-state index contributed by atoms with van der Waals surface area (Å²) in [7, 11) is 2.95. The molecular formula is C18H20ClN3O4. The van der Waals surface area contributed by atoms with Crippen LogP contribution in [0.5, 0.6) is 5.75 Å². The normalized spacial score (nSPS) is 11.7. The summed E-state index contributed by atoms with van der Waals surface area (Å²) in [4.78, 5) is 30.8. The minimum atomic E-state index is -0.390. The largest absolute Gasteiger partial charge is 0.497 e. The van der Waals surface area contributed by atoms with Gasteiger partial charge in [0.2, 0.25) is 0 Å². The average molecular weight is 378 g/mol. The highest BCUT2D eigenvalue weighted by molar-refractivity contribution is 6.31. The van der Waals surface area contributed by atoms with Gasteiger partial charge in [-0.25, -0.2) is 9.97 Å². The first-order valence-electron chi connectivity index (χ1n) is 8.00. The Morgan fingerprint density at radius 2 is 2.00 bits per heavy atom. The van der Waals surface area contributed by atoms with E-state index in [1.165, 1.54) is 13.4 Å². The van der Waals surface area contributed by atoms with Gasteiger partial charge in [-0.05, 0) is 30.7 Å². The second-order valence-electron chi connectivity index (χ2n) is 5.42. The summed E-state index contributed by atoms with van der Waals surface area (Å²) >= 11 is 6.04. The minimum absolute atomic E-state index is 0.0971. The molecule has 1 atom stereocenters. The average Bonchev–Trinajstić information content (AvgIpc) is 2.68. The van der Waals surface area contributed by atoms with Gasteiger partial charge in [0.05, 0.1) is 31.5 Å². The zero-order chi connectivity index (χ0) is 18.9. The summed E-state index contributed by atoms with van der Waals surface area (Å²) < 4.78 is 9.82. The minimum Gasteiger partial charge on any atom is -0.497 e. The van der Waals surface area contributed by atoms with Crippen molar-refractivity contribution in [2.75, 3.05) is 20.8 Å². The zero-order valence-electron chi connectivity index (χ0n) is 14.6. The smallest absolute Gasteiger partial charge is 0.305 e. The van der Waals surface area contributed by atoms with Crippen LogP contribution in [0.15, 0.2) is 30.6 Å². The van der Waals surface area contributed by atoms with Crippen molar-refractivity contribution in [2.45, 2.75) is 18.9 Å². The Labute approximate surface area is 156 Å². The number of methoxy groups -OCH3 is 2. The van der Waals surface area contributed by atoms with Gasteiger partial charge in [0.15, 0.2) is 6.29 Å². The van der Waals surface area contributed by atoms with E-state index in [2.05, 4.69) is 20.0 Å². The van der Waals surface area contributed by atoms with Crippen LogP contribution in [0.2, 0.25) is 5.15 Å². The molecule has 0 aliphatic heterocycles. The van der Waals surface area contributed by atoms with Gasteiger partial charge in [-0.1, -0.05) is 23.7 Å². The molecule has 8 heteroatoms. The van der Waals surface area contributed by atoms with Crippen molar-refractivity contribution in [3.63, 3.8) is 0 Å². The molecule has 2 aromatic rings. The fraction of sp³-hybridized carbons (Fsp3) is 0.333. The fourth-order valence-corrected chi connectivity index (χ4v) is 2.66. The van der Waals surface area contributed by atoms with E-state index in [0.717, 1.165) is 11.3 Å². The first-order valence-corrected chi connectivity index (χ1v) is 8.38. The molecule has 1 aromatic heterocycles. The SMILES string of the molecule is COC(=O)CCCNC(c1ccc(OC)cc1)c1ncnc(Cl)c1C=O. The highest BCUT2D eigenvalue weighted by Crippen LogP contribution is 2.27. The van der Waals surface area contributed by atoms with Crippen LogP contribution in [0.4, 0.5) is 0 Å². The fourth-order valence-electron chi connectivity index (χ4n) is 2.48. The molecular weight excluding hydrogens is 358 g/mol. The molecule has 0 fully saturated rings. The van der Waals surface area contributed by atoms with E-state index in [1.54, 1.807) is 7.11 Å². The van der Waals surface area contributed by atoms with Gasteiger partial charge in [-0.15, -0.1) is 0 Å². The van der Waals surface area contributed by atoms with Crippen LogP contribution in [-0.4, -0.2) is 43.0 Å². The Hall–Kier alpha value is -2.51. The third kappa shape index (κ3) is 5.00. The summed E-state index contributed by atoms with van der Waals surface area (Å²) in [6, 6.07) is 7.01. The molecule has 0 aliphatic carbocycles. The van der Waals surface area contributed by atoms with Crippen molar-refractivity contribution in [3.05, 3.63) is 52.6 Å². The van der Waals surface area contributed by atoms with E-state index >= 15 is 0 Å². The van der Waals surface area contributed by atoms with E-state index in [9.17, 15) is 9.59 Å². The second-order valence-corrected chi connectivity index (χ2v) is 5.78. The Morgan fingerprint density at radius 3 is 2.62 bits per heavy atom. The number of hydrogen-bond donors (Lipinski definition) is 1. The van der Waals surface area contributed by atoms with Gasteiger partial charge < -0.3 is 14.8 Å². The molecule has 0 radical (unpaired) electrons. The van der Waals surface area contributed by atoms with Gasteiger partial charge in [0, 0.05) is 6.42 Å². The molecule has 0 saturated heterocycles. The van der Waals surface area contributed by atoms with Gasteiger partial charge in [-0.2, -0.15) is 0 Å². The van der Waals surface area contributed by atoms with Crippen molar-refractivity contribution in [1.29, 1.82) is 0 Å². The van der Waals surface area contributed by atoms with Crippen molar-refractivity contribution < 1.29 is 19.1 Å². The number of nitrogens with one attached hydrogen (secondary N) is 1. The predicted molar refractivity (Wildman–Crippen MR) is 96.5 cm³/mol. The standard InChI is InChI=1S/C18H20ClN3O4/c1-25-13-7-5-12(6-8-13)16(20-9-3-4-15(24)26-2)17-14(10-23)18(19)22-11-21-17/h5-8,10-11,16,20H,3-4,9H2,1-2H3. The third-order valence-corrected chi connectivity index (χ3v) is 4.14. The lowest BCUT2D eigenvalue weighted by molar-refractivity contribution is -0.140. The van der Waals surface area contributed by atoms with Crippen LogP contribution in [0, 0.1) is 0 Å². The number of hydrogen-bond acceptors (Lipinski definition) is 7. The molecule has 0 saturated carbocycles. The van der Waals surface area contributed by atoms with E-state index in [4.69, 9.17) is 16.3 Å². The quantitative estimate of drug-likeness (QED) is 0.311. The summed E-state index contributed by atoms with van der Waals surface area (Å²) in [6.45, 7) is 0.520. The van der Waals surface area contributed by atoms with Crippen molar-refractivity contribution >= 4 is 23.9 Å². The summed E-state index contributed by atoms with van der Waals surface area (Å²) in [5, 5.41) is 3.41. The molecule has 1 unspecified atom stereocenters. The van der Waals surface area contributed by atoms with Crippen LogP contribution < -0.4 is 10.1 Å². The van der Waals surface area contributed by atoms with Crippen LogP contribution in [0.1, 0.15) is 40.5 Å². The van der Waals surface area contributed by atoms with Crippen molar-refractivity contribution in [2.24, 2.45) is 0 Å². The Kier molecular flexibility index (Phi) is 7.50. The number of ether oxygens (including phenoxy) is 2. The number of carbonyl (C=O) groups is 2. The monoisotopic (exact) mass is 377 g/mol. The third-order valence-electron chi connectivity index (χ3n) is 3.84. The van der Waals surface area contributed by atoms with Crippen LogP contribution in [0.3, 0.4) is 0 Å². The predicted octanol–water partition coefficient (Wildman–Crippen LogP) is 2.58. The van der Waals surface area contributed by atoms with E-state index in [0.29, 0.717) is 31.4 Å². The summed E-state index contributed by atoms with van der Waals surface area (Å²) in [5.41, 5.74) is 1.58. The van der Waals surface area contributed by atoms with Gasteiger partial charge in [0.1, 0.15) is 17.2 Å². The molecule has 26 heavy (non-hydrogen) atoms. The molecule has 7 nitrogen and oxygen atoms in total. The maximum atomic E-state index is 11.5. The zero-order valence-corrected chi connectivity index (χ0v) is 15.3. The van der Waals surface area contributed by atoms with Crippen LogP contribution in [0.25, 0.3) is 0 Å². The lowest BCUT2D eigenvalue weighted by atomic mass is 10.00. The number of halogens is 1. The number of aromatic nitrogens is 2. The highest BCUT2D eigenvalue weighted by atomic mass is 35.5. The number of nitrogens with zero attached hydrogens (tertiary/aromatic N) is 2. The first kappa shape index (κ1) is 19.8. The number of aldehydes is 1. The van der Waals surface area contributed by atoms with Gasteiger partial charge in [-0.3, -0.25) is 9.59 Å². The molecule has 138 valence electrons. The number of carbonyl (C=O) groups excluding carboxylic acids is 2.